The summed E-state index contributed by atoms with van der Waals surface area (Å²) in [6.45, 7) is 1.44. The average Bonchev–Trinajstić information content (AvgIpc) is 3.08. The topological polar surface area (TPSA) is 104 Å². The van der Waals surface area contributed by atoms with Gasteiger partial charge in [0.15, 0.2) is 11.0 Å². The van der Waals surface area contributed by atoms with Gasteiger partial charge in [0.1, 0.15) is 10.3 Å². The van der Waals surface area contributed by atoms with Crippen LogP contribution in [0.1, 0.15) is 6.92 Å². The Morgan fingerprint density at radius 2 is 2.17 bits per heavy atom. The number of nitrogens with one attached hydrogen (secondary N) is 2. The van der Waals surface area contributed by atoms with Gasteiger partial charge in [0, 0.05) is 24.9 Å². The van der Waals surface area contributed by atoms with Gasteiger partial charge in [-0.3, -0.25) is 9.78 Å². The summed E-state index contributed by atoms with van der Waals surface area (Å²) < 4.78 is 0. The summed E-state index contributed by atoms with van der Waals surface area (Å²) in [5.41, 5.74) is 2.94. The molecule has 0 radical (unpaired) electrons. The van der Waals surface area contributed by atoms with E-state index in [0.717, 1.165) is 21.6 Å². The van der Waals surface area contributed by atoms with Crippen molar-refractivity contribution in [1.82, 2.24) is 19.9 Å². The molecule has 0 saturated heterocycles. The number of thiazole rings is 1. The molecule has 4 heterocycles. The van der Waals surface area contributed by atoms with Crippen LogP contribution in [0.5, 0.6) is 5.88 Å². The monoisotopic (exact) mass is 325 g/mol. The molecular formula is C15H11N5O2S. The second-order valence-corrected chi connectivity index (χ2v) is 5.99. The second kappa shape index (κ2) is 5.03. The van der Waals surface area contributed by atoms with E-state index >= 15 is 0 Å². The highest BCUT2D eigenvalue weighted by Gasteiger charge is 2.10. The third-order valence-corrected chi connectivity index (χ3v) is 4.23. The summed E-state index contributed by atoms with van der Waals surface area (Å²) in [6, 6.07) is 5.52. The van der Waals surface area contributed by atoms with Crippen LogP contribution in [0.3, 0.4) is 0 Å². The molecule has 4 aromatic heterocycles. The number of carbonyl (C=O) groups excluding carboxylic acids is 1. The first-order chi connectivity index (χ1) is 11.1. The Kier molecular flexibility index (Phi) is 2.98. The highest BCUT2D eigenvalue weighted by molar-refractivity contribution is 7.21. The third-order valence-electron chi connectivity index (χ3n) is 3.35. The lowest BCUT2D eigenvalue weighted by molar-refractivity contribution is -0.114. The van der Waals surface area contributed by atoms with Crippen molar-refractivity contribution in [2.24, 2.45) is 0 Å². The van der Waals surface area contributed by atoms with Crippen LogP contribution in [0.15, 0.2) is 30.6 Å². The van der Waals surface area contributed by atoms with Gasteiger partial charge in [0.05, 0.1) is 16.6 Å². The number of H-pyrrole nitrogens is 1. The number of anilines is 1. The molecule has 0 atom stereocenters. The molecule has 0 aliphatic rings. The number of carbonyl (C=O) groups is 1. The quantitative estimate of drug-likeness (QED) is 0.526. The molecule has 0 unspecified atom stereocenters. The summed E-state index contributed by atoms with van der Waals surface area (Å²) in [6.07, 6.45) is 3.35. The van der Waals surface area contributed by atoms with Crippen molar-refractivity contribution in [2.75, 3.05) is 5.32 Å². The predicted molar refractivity (Wildman–Crippen MR) is 88.5 cm³/mol. The first kappa shape index (κ1) is 13.6. The second-order valence-electron chi connectivity index (χ2n) is 5.02. The molecule has 0 saturated carbocycles. The van der Waals surface area contributed by atoms with Gasteiger partial charge in [-0.15, -0.1) is 0 Å². The van der Waals surface area contributed by atoms with Crippen LogP contribution in [0, 0.1) is 0 Å². The van der Waals surface area contributed by atoms with Crippen LogP contribution in [0.2, 0.25) is 0 Å². The number of aromatic hydroxyl groups is 1. The van der Waals surface area contributed by atoms with Crippen molar-refractivity contribution in [3.63, 3.8) is 0 Å². The number of nitrogens with zero attached hydrogens (tertiary/aromatic N) is 3. The number of aromatic nitrogens is 4. The van der Waals surface area contributed by atoms with Gasteiger partial charge in [-0.2, -0.15) is 0 Å². The Labute approximate surface area is 134 Å². The summed E-state index contributed by atoms with van der Waals surface area (Å²) >= 11 is 1.31. The summed E-state index contributed by atoms with van der Waals surface area (Å²) in [7, 11) is 0. The first-order valence-electron chi connectivity index (χ1n) is 6.82. The Hall–Kier alpha value is -3.00. The van der Waals surface area contributed by atoms with Crippen molar-refractivity contribution in [2.45, 2.75) is 6.92 Å². The SMILES string of the molecule is CC(=O)Nc1nc2ccc(-c3cnc4c[nH]c(O)c4c3)nc2s1. The minimum Gasteiger partial charge on any atom is -0.494 e. The van der Waals surface area contributed by atoms with Crippen molar-refractivity contribution >= 4 is 43.6 Å². The smallest absolute Gasteiger partial charge is 0.223 e. The maximum atomic E-state index is 11.1. The van der Waals surface area contributed by atoms with E-state index in [4.69, 9.17) is 0 Å². The number of fused-ring (bicyclic) bond motifs is 2. The van der Waals surface area contributed by atoms with E-state index < -0.39 is 0 Å². The van der Waals surface area contributed by atoms with E-state index in [0.29, 0.717) is 16.0 Å². The van der Waals surface area contributed by atoms with E-state index in [-0.39, 0.29) is 11.8 Å². The molecule has 114 valence electrons. The summed E-state index contributed by atoms with van der Waals surface area (Å²) in [5.74, 6) is -0.0805. The van der Waals surface area contributed by atoms with Crippen molar-refractivity contribution < 1.29 is 9.90 Å². The lowest BCUT2D eigenvalue weighted by Gasteiger charge is -2.00. The lowest BCUT2D eigenvalue weighted by atomic mass is 10.1. The Morgan fingerprint density at radius 3 is 3.00 bits per heavy atom. The van der Waals surface area contributed by atoms with Crippen LogP contribution < -0.4 is 5.32 Å². The zero-order chi connectivity index (χ0) is 16.0. The molecule has 4 aromatic rings. The molecule has 0 bridgehead atoms. The largest absolute Gasteiger partial charge is 0.494 e. The molecular weight excluding hydrogens is 314 g/mol. The van der Waals surface area contributed by atoms with E-state index in [9.17, 15) is 9.90 Å². The molecule has 7 nitrogen and oxygen atoms in total. The zero-order valence-corrected chi connectivity index (χ0v) is 12.8. The van der Waals surface area contributed by atoms with Crippen molar-refractivity contribution in [1.29, 1.82) is 0 Å². The van der Waals surface area contributed by atoms with Gasteiger partial charge in [0.2, 0.25) is 5.91 Å². The number of rotatable bonds is 2. The first-order valence-corrected chi connectivity index (χ1v) is 7.63. The standard InChI is InChI=1S/C15H11N5O2S/c1-7(21)18-15-20-11-3-2-10(19-14(11)23-15)8-4-9-12(16-5-8)6-17-13(9)22/h2-6,17,22H,1H3,(H,18,20,21). The maximum Gasteiger partial charge on any atom is 0.223 e. The molecule has 1 amide bonds. The molecule has 0 fully saturated rings. The van der Waals surface area contributed by atoms with Gasteiger partial charge >= 0.3 is 0 Å². The molecule has 4 rings (SSSR count). The molecule has 0 spiro atoms. The van der Waals surface area contributed by atoms with Crippen LogP contribution in [0.25, 0.3) is 32.5 Å². The fourth-order valence-electron chi connectivity index (χ4n) is 2.32. The normalized spacial score (nSPS) is 11.2. The summed E-state index contributed by atoms with van der Waals surface area (Å²) in [4.78, 5) is 27.7. The Bertz CT molecular complexity index is 1050. The molecule has 3 N–H and O–H groups in total. The predicted octanol–water partition coefficient (Wildman–Crippen LogP) is 2.90. The Balaban J connectivity index is 1.80. The molecule has 0 aliphatic carbocycles. The summed E-state index contributed by atoms with van der Waals surface area (Å²) in [5, 5.41) is 13.6. The van der Waals surface area contributed by atoms with Crippen molar-refractivity contribution in [3.05, 3.63) is 30.6 Å². The van der Waals surface area contributed by atoms with Gasteiger partial charge in [0.25, 0.3) is 0 Å². The average molecular weight is 325 g/mol. The maximum absolute atomic E-state index is 11.1. The van der Waals surface area contributed by atoms with Crippen LogP contribution in [-0.4, -0.2) is 30.9 Å². The minimum atomic E-state index is -0.165. The number of hydrogen-bond donors (Lipinski definition) is 3. The van der Waals surface area contributed by atoms with E-state index in [2.05, 4.69) is 25.3 Å². The van der Waals surface area contributed by atoms with Crippen molar-refractivity contribution in [3.8, 4) is 17.1 Å². The van der Waals surface area contributed by atoms with Crippen LogP contribution >= 0.6 is 11.3 Å². The third kappa shape index (κ3) is 2.38. The molecule has 0 aromatic carbocycles. The van der Waals surface area contributed by atoms with E-state index in [1.54, 1.807) is 12.4 Å². The van der Waals surface area contributed by atoms with E-state index in [1.807, 2.05) is 18.2 Å². The number of hydrogen-bond acceptors (Lipinski definition) is 6. The zero-order valence-electron chi connectivity index (χ0n) is 12.0. The number of aromatic amines is 1. The van der Waals surface area contributed by atoms with Crippen LogP contribution in [-0.2, 0) is 4.79 Å². The highest BCUT2D eigenvalue weighted by atomic mass is 32.1. The lowest BCUT2D eigenvalue weighted by Crippen LogP contribution is -2.04. The fourth-order valence-corrected chi connectivity index (χ4v) is 3.20. The van der Waals surface area contributed by atoms with Gasteiger partial charge in [-0.05, 0) is 18.2 Å². The molecule has 23 heavy (non-hydrogen) atoms. The number of pyridine rings is 2. The number of amides is 1. The Morgan fingerprint density at radius 1 is 1.30 bits per heavy atom. The molecule has 8 heteroatoms. The molecule has 0 aliphatic heterocycles. The van der Waals surface area contributed by atoms with Gasteiger partial charge in [-0.25, -0.2) is 9.97 Å². The minimum absolute atomic E-state index is 0.0844. The van der Waals surface area contributed by atoms with E-state index in [1.165, 1.54) is 18.3 Å². The van der Waals surface area contributed by atoms with Gasteiger partial charge < -0.3 is 15.4 Å². The highest BCUT2D eigenvalue weighted by Crippen LogP contribution is 2.30. The van der Waals surface area contributed by atoms with Gasteiger partial charge in [-0.1, -0.05) is 11.3 Å². The fraction of sp³-hybridized carbons (Fsp3) is 0.0667. The van der Waals surface area contributed by atoms with Crippen LogP contribution in [0.4, 0.5) is 5.13 Å².